The van der Waals surface area contributed by atoms with Gasteiger partial charge >= 0.3 is 0 Å². The Morgan fingerprint density at radius 1 is 1.27 bits per heavy atom. The van der Waals surface area contributed by atoms with Crippen LogP contribution in [-0.4, -0.2) is 22.1 Å². The van der Waals surface area contributed by atoms with Gasteiger partial charge in [-0.15, -0.1) is 0 Å². The molecule has 3 rings (SSSR count). The van der Waals surface area contributed by atoms with E-state index in [0.717, 1.165) is 23.0 Å². The number of aryl methyl sites for hydroxylation is 1. The summed E-state index contributed by atoms with van der Waals surface area (Å²) in [5, 5.41) is 3.99. The molecule has 0 unspecified atom stereocenters. The predicted octanol–water partition coefficient (Wildman–Crippen LogP) is 2.89. The molecule has 0 radical (unpaired) electrons. The number of hydrogen-bond donors (Lipinski definition) is 2. The number of aromatic amines is 1. The topological polar surface area (TPSA) is 70.1 Å². The van der Waals surface area contributed by atoms with Crippen molar-refractivity contribution >= 4 is 23.2 Å². The van der Waals surface area contributed by atoms with Crippen LogP contribution in [0.5, 0.6) is 0 Å². The number of amides is 1. The number of carbonyl (C=O) groups is 1. The molecule has 0 aliphatic rings. The molecule has 2 aromatic carbocycles. The SMILES string of the molecule is CCc1ccc(/C=N\NC(=O)c2ccc3nc[nH]c3c2)cc1. The van der Waals surface area contributed by atoms with Crippen LogP contribution in [-0.2, 0) is 6.42 Å². The Kier molecular flexibility index (Phi) is 3.96. The van der Waals surface area contributed by atoms with Crippen LogP contribution in [0, 0.1) is 0 Å². The molecule has 5 nitrogen and oxygen atoms in total. The molecule has 110 valence electrons. The highest BCUT2D eigenvalue weighted by atomic mass is 16.2. The maximum absolute atomic E-state index is 12.0. The number of hydrazone groups is 1. The van der Waals surface area contributed by atoms with E-state index >= 15 is 0 Å². The second-order valence-corrected chi connectivity index (χ2v) is 4.93. The summed E-state index contributed by atoms with van der Waals surface area (Å²) in [6.45, 7) is 2.11. The van der Waals surface area contributed by atoms with E-state index in [2.05, 4.69) is 39.6 Å². The van der Waals surface area contributed by atoms with Gasteiger partial charge in [0, 0.05) is 5.56 Å². The molecule has 1 aromatic heterocycles. The number of rotatable bonds is 4. The summed E-state index contributed by atoms with van der Waals surface area (Å²) in [4.78, 5) is 19.1. The highest BCUT2D eigenvalue weighted by Crippen LogP contribution is 2.11. The quantitative estimate of drug-likeness (QED) is 0.573. The van der Waals surface area contributed by atoms with Crippen molar-refractivity contribution in [2.45, 2.75) is 13.3 Å². The van der Waals surface area contributed by atoms with Crippen LogP contribution in [0.1, 0.15) is 28.4 Å². The lowest BCUT2D eigenvalue weighted by molar-refractivity contribution is 0.0955. The van der Waals surface area contributed by atoms with Gasteiger partial charge in [-0.25, -0.2) is 10.4 Å². The number of aromatic nitrogens is 2. The van der Waals surface area contributed by atoms with Crippen molar-refractivity contribution in [2.24, 2.45) is 5.10 Å². The number of imidazole rings is 1. The fourth-order valence-corrected chi connectivity index (χ4v) is 2.15. The van der Waals surface area contributed by atoms with Crippen molar-refractivity contribution in [3.05, 3.63) is 65.5 Å². The zero-order valence-electron chi connectivity index (χ0n) is 12.2. The van der Waals surface area contributed by atoms with Gasteiger partial charge in [0.25, 0.3) is 5.91 Å². The summed E-state index contributed by atoms with van der Waals surface area (Å²) in [6, 6.07) is 13.3. The highest BCUT2D eigenvalue weighted by molar-refractivity contribution is 5.97. The van der Waals surface area contributed by atoms with Gasteiger partial charge in [0.05, 0.1) is 23.6 Å². The fraction of sp³-hybridized carbons (Fsp3) is 0.118. The van der Waals surface area contributed by atoms with Crippen LogP contribution >= 0.6 is 0 Å². The first-order valence-corrected chi connectivity index (χ1v) is 7.12. The maximum Gasteiger partial charge on any atom is 0.271 e. The molecule has 0 saturated carbocycles. The average molecular weight is 292 g/mol. The van der Waals surface area contributed by atoms with Crippen LogP contribution in [0.3, 0.4) is 0 Å². The minimum absolute atomic E-state index is 0.252. The Balaban J connectivity index is 1.66. The summed E-state index contributed by atoms with van der Waals surface area (Å²) >= 11 is 0. The van der Waals surface area contributed by atoms with Crippen LogP contribution in [0.15, 0.2) is 53.9 Å². The molecule has 3 aromatic rings. The molecule has 0 saturated heterocycles. The van der Waals surface area contributed by atoms with E-state index in [0.29, 0.717) is 5.56 Å². The normalized spacial score (nSPS) is 11.1. The van der Waals surface area contributed by atoms with E-state index in [1.54, 1.807) is 30.7 Å². The number of benzene rings is 2. The minimum atomic E-state index is -0.252. The lowest BCUT2D eigenvalue weighted by atomic mass is 10.1. The number of nitrogens with one attached hydrogen (secondary N) is 2. The highest BCUT2D eigenvalue weighted by Gasteiger charge is 2.06. The zero-order chi connectivity index (χ0) is 15.4. The van der Waals surface area contributed by atoms with Crippen molar-refractivity contribution in [2.75, 3.05) is 0 Å². The lowest BCUT2D eigenvalue weighted by Crippen LogP contribution is -2.17. The van der Waals surface area contributed by atoms with Gasteiger partial charge in [0.1, 0.15) is 0 Å². The molecule has 22 heavy (non-hydrogen) atoms. The van der Waals surface area contributed by atoms with Gasteiger partial charge in [0.2, 0.25) is 0 Å². The van der Waals surface area contributed by atoms with E-state index in [1.165, 1.54) is 5.56 Å². The molecule has 5 heteroatoms. The molecule has 0 aliphatic carbocycles. The van der Waals surface area contributed by atoms with Crippen LogP contribution in [0.4, 0.5) is 0 Å². The van der Waals surface area contributed by atoms with E-state index in [9.17, 15) is 4.79 Å². The van der Waals surface area contributed by atoms with E-state index in [1.807, 2.05) is 12.1 Å². The number of fused-ring (bicyclic) bond motifs is 1. The summed E-state index contributed by atoms with van der Waals surface area (Å²) in [5.41, 5.74) is 6.94. The average Bonchev–Trinajstić information content (AvgIpc) is 3.03. The Hall–Kier alpha value is -2.95. The van der Waals surface area contributed by atoms with Crippen molar-refractivity contribution in [3.63, 3.8) is 0 Å². The summed E-state index contributed by atoms with van der Waals surface area (Å²) in [6.07, 6.45) is 4.24. The monoisotopic (exact) mass is 292 g/mol. The molecule has 0 atom stereocenters. The van der Waals surface area contributed by atoms with Crippen LogP contribution in [0.25, 0.3) is 11.0 Å². The van der Waals surface area contributed by atoms with E-state index in [4.69, 9.17) is 0 Å². The Morgan fingerprint density at radius 2 is 2.09 bits per heavy atom. The molecule has 1 heterocycles. The van der Waals surface area contributed by atoms with Gasteiger partial charge in [-0.2, -0.15) is 5.10 Å². The van der Waals surface area contributed by atoms with Gasteiger partial charge in [-0.05, 0) is 35.7 Å². The Labute approximate surface area is 128 Å². The molecule has 0 bridgehead atoms. The lowest BCUT2D eigenvalue weighted by Gasteiger charge is -2.00. The van der Waals surface area contributed by atoms with Crippen LogP contribution < -0.4 is 5.43 Å². The Morgan fingerprint density at radius 3 is 2.86 bits per heavy atom. The van der Waals surface area contributed by atoms with Crippen LogP contribution in [0.2, 0.25) is 0 Å². The number of nitrogens with zero attached hydrogens (tertiary/aromatic N) is 2. The first-order valence-electron chi connectivity index (χ1n) is 7.12. The molecular formula is C17H16N4O. The second-order valence-electron chi connectivity index (χ2n) is 4.93. The molecule has 0 fully saturated rings. The summed E-state index contributed by atoms with van der Waals surface area (Å²) < 4.78 is 0. The van der Waals surface area contributed by atoms with Gasteiger partial charge in [-0.1, -0.05) is 31.2 Å². The minimum Gasteiger partial charge on any atom is -0.345 e. The third-order valence-electron chi connectivity index (χ3n) is 3.45. The third kappa shape index (κ3) is 3.03. The van der Waals surface area contributed by atoms with Crippen molar-refractivity contribution in [1.29, 1.82) is 0 Å². The second kappa shape index (κ2) is 6.22. The number of H-pyrrole nitrogens is 1. The smallest absolute Gasteiger partial charge is 0.271 e. The molecular weight excluding hydrogens is 276 g/mol. The van der Waals surface area contributed by atoms with Crippen molar-refractivity contribution in [3.8, 4) is 0 Å². The van der Waals surface area contributed by atoms with Gasteiger partial charge in [0.15, 0.2) is 0 Å². The molecule has 2 N–H and O–H groups in total. The third-order valence-corrected chi connectivity index (χ3v) is 3.45. The molecule has 1 amide bonds. The van der Waals surface area contributed by atoms with Gasteiger partial charge < -0.3 is 4.98 Å². The zero-order valence-corrected chi connectivity index (χ0v) is 12.2. The van der Waals surface area contributed by atoms with E-state index < -0.39 is 0 Å². The van der Waals surface area contributed by atoms with Crippen molar-refractivity contribution in [1.82, 2.24) is 15.4 Å². The predicted molar refractivity (Wildman–Crippen MR) is 87.0 cm³/mol. The fourth-order valence-electron chi connectivity index (χ4n) is 2.15. The van der Waals surface area contributed by atoms with Gasteiger partial charge in [-0.3, -0.25) is 4.79 Å². The van der Waals surface area contributed by atoms with E-state index in [-0.39, 0.29) is 5.91 Å². The number of hydrogen-bond acceptors (Lipinski definition) is 3. The van der Waals surface area contributed by atoms with Crippen molar-refractivity contribution < 1.29 is 4.79 Å². The maximum atomic E-state index is 12.0. The largest absolute Gasteiger partial charge is 0.345 e. The summed E-state index contributed by atoms with van der Waals surface area (Å²) in [7, 11) is 0. The first kappa shape index (κ1) is 14.0. The number of carbonyl (C=O) groups excluding carboxylic acids is 1. The first-order chi connectivity index (χ1) is 10.8. The molecule has 0 spiro atoms. The Bertz CT molecular complexity index is 818. The standard InChI is InChI=1S/C17H16N4O/c1-2-12-3-5-13(6-4-12)10-20-21-17(22)14-7-8-15-16(9-14)19-11-18-15/h3-11H,2H2,1H3,(H,18,19)(H,21,22)/b20-10-. The molecule has 0 aliphatic heterocycles. The summed E-state index contributed by atoms with van der Waals surface area (Å²) in [5.74, 6) is -0.252.